The number of benzene rings is 2. The van der Waals surface area contributed by atoms with Crippen molar-refractivity contribution in [3.8, 4) is 6.07 Å². The third kappa shape index (κ3) is 7.28. The molecule has 4 rings (SSSR count). The summed E-state index contributed by atoms with van der Waals surface area (Å²) in [5.41, 5.74) is 0.856. The predicted molar refractivity (Wildman–Crippen MR) is 144 cm³/mol. The van der Waals surface area contributed by atoms with Crippen molar-refractivity contribution in [1.82, 2.24) is 0 Å². The average molecular weight is 582 g/mol. The molecule has 9 atom stereocenters. The predicted octanol–water partition coefficient (Wildman–Crippen LogP) is 0.237. The molecule has 5 N–H and O–H groups in total. The molecule has 2 fully saturated rings. The second-order valence-electron chi connectivity index (χ2n) is 9.73. The standard InChI is InChI=1S/C30H31NO11/c31-14-13-19-20(40-30-27(37)26(36)24(34)22(16-32)41-30)15-21(39-29(38)18-9-5-2-6-10-18)25(35)28(19)42-23(33)12-11-17-7-3-1-4-8-17/h1-13,20-22,24-28,30,32,34-37H,15-16H2/b12-11+,19-13+/t20?,21-,22+,24+,25-,26-,27+,28-,30+/m0/s1. The highest BCUT2D eigenvalue weighted by molar-refractivity contribution is 5.89. The fraction of sp³-hybridized carbons (Fsp3) is 0.367. The number of hydrogen-bond donors (Lipinski definition) is 5. The number of rotatable bonds is 8. The number of hydrogen-bond acceptors (Lipinski definition) is 12. The van der Waals surface area contributed by atoms with E-state index in [9.17, 15) is 40.4 Å². The Balaban J connectivity index is 1.62. The second-order valence-corrected chi connectivity index (χ2v) is 9.73. The molecule has 1 aliphatic heterocycles. The van der Waals surface area contributed by atoms with E-state index in [1.54, 1.807) is 48.5 Å². The molecule has 1 aliphatic carbocycles. The number of allylic oxidation sites excluding steroid dienone is 1. The van der Waals surface area contributed by atoms with Crippen LogP contribution >= 0.6 is 0 Å². The maximum Gasteiger partial charge on any atom is 0.338 e. The SMILES string of the molecule is N#C/C=C1\C(O[C@@H]2O[C@H](CO)[C@@H](O)[C@H](O)[C@H]2O)C[C@H](OC(=O)c2ccccc2)[C@H](O)[C@H]1OC(=O)/C=C/c1ccccc1. The van der Waals surface area contributed by atoms with Crippen LogP contribution in [-0.4, -0.2) is 99.2 Å². The number of nitriles is 1. The van der Waals surface area contributed by atoms with Crippen LogP contribution in [-0.2, 0) is 23.7 Å². The maximum absolute atomic E-state index is 12.9. The Labute approximate surface area is 241 Å². The Bertz CT molecular complexity index is 1310. The summed E-state index contributed by atoms with van der Waals surface area (Å²) in [6.45, 7) is -0.708. The normalized spacial score (nSPS) is 32.3. The molecular formula is C30H31NO11. The first kappa shape index (κ1) is 31.0. The van der Waals surface area contributed by atoms with E-state index in [2.05, 4.69) is 0 Å². The number of esters is 2. The van der Waals surface area contributed by atoms with Gasteiger partial charge in [0.2, 0.25) is 0 Å². The fourth-order valence-electron chi connectivity index (χ4n) is 4.72. The van der Waals surface area contributed by atoms with Crippen molar-refractivity contribution in [1.29, 1.82) is 5.26 Å². The van der Waals surface area contributed by atoms with Gasteiger partial charge in [0.05, 0.1) is 24.3 Å². The molecule has 1 saturated heterocycles. The quantitative estimate of drug-likeness (QED) is 0.162. The third-order valence-electron chi connectivity index (χ3n) is 6.94. The van der Waals surface area contributed by atoms with Crippen molar-refractivity contribution < 1.29 is 54.1 Å². The van der Waals surface area contributed by atoms with E-state index in [0.717, 1.165) is 12.2 Å². The highest BCUT2D eigenvalue weighted by Crippen LogP contribution is 2.35. The fourth-order valence-corrected chi connectivity index (χ4v) is 4.72. The van der Waals surface area contributed by atoms with Gasteiger partial charge in [-0.2, -0.15) is 5.26 Å². The minimum Gasteiger partial charge on any atom is -0.456 e. The monoisotopic (exact) mass is 581 g/mol. The molecule has 12 heteroatoms. The van der Waals surface area contributed by atoms with Crippen LogP contribution in [0.25, 0.3) is 6.08 Å². The Morgan fingerprint density at radius 1 is 0.929 bits per heavy atom. The van der Waals surface area contributed by atoms with Crippen molar-refractivity contribution >= 4 is 18.0 Å². The van der Waals surface area contributed by atoms with Gasteiger partial charge < -0.3 is 44.5 Å². The smallest absolute Gasteiger partial charge is 0.338 e. The summed E-state index contributed by atoms with van der Waals surface area (Å²) in [5.74, 6) is -1.67. The highest BCUT2D eigenvalue weighted by atomic mass is 16.7. The van der Waals surface area contributed by atoms with Gasteiger partial charge in [0.15, 0.2) is 12.4 Å². The lowest BCUT2D eigenvalue weighted by Gasteiger charge is -2.44. The van der Waals surface area contributed by atoms with Gasteiger partial charge in [-0.3, -0.25) is 0 Å². The summed E-state index contributed by atoms with van der Waals surface area (Å²) >= 11 is 0. The third-order valence-corrected chi connectivity index (χ3v) is 6.94. The Kier molecular flexibility index (Phi) is 10.6. The highest BCUT2D eigenvalue weighted by Gasteiger charge is 2.49. The van der Waals surface area contributed by atoms with Crippen LogP contribution < -0.4 is 0 Å². The van der Waals surface area contributed by atoms with E-state index in [4.69, 9.17) is 18.9 Å². The molecule has 0 spiro atoms. The lowest BCUT2D eigenvalue weighted by Crippen LogP contribution is -2.61. The number of aliphatic hydroxyl groups is 5. The zero-order valence-corrected chi connectivity index (χ0v) is 22.2. The van der Waals surface area contributed by atoms with E-state index < -0.39 is 73.7 Å². The van der Waals surface area contributed by atoms with Crippen molar-refractivity contribution in [2.24, 2.45) is 0 Å². The number of carbonyl (C=O) groups excluding carboxylic acids is 2. The first-order valence-corrected chi connectivity index (χ1v) is 13.2. The molecule has 42 heavy (non-hydrogen) atoms. The Hall–Kier alpha value is -3.93. The minimum atomic E-state index is -1.78. The topological polar surface area (TPSA) is 196 Å². The zero-order valence-electron chi connectivity index (χ0n) is 22.2. The first-order chi connectivity index (χ1) is 20.2. The van der Waals surface area contributed by atoms with Gasteiger partial charge in [-0.1, -0.05) is 48.5 Å². The summed E-state index contributed by atoms with van der Waals surface area (Å²) in [6.07, 6.45) is -10.5. The summed E-state index contributed by atoms with van der Waals surface area (Å²) in [4.78, 5) is 25.7. The number of carbonyl (C=O) groups is 2. The van der Waals surface area contributed by atoms with Crippen LogP contribution in [0.3, 0.4) is 0 Å². The van der Waals surface area contributed by atoms with Crippen LogP contribution in [0.2, 0.25) is 0 Å². The molecule has 0 bridgehead atoms. The summed E-state index contributed by atoms with van der Waals surface area (Å²) in [7, 11) is 0. The zero-order chi connectivity index (χ0) is 30.2. The molecule has 1 heterocycles. The van der Waals surface area contributed by atoms with Crippen molar-refractivity contribution in [2.75, 3.05) is 6.61 Å². The number of aliphatic hydroxyl groups excluding tert-OH is 5. The molecule has 0 radical (unpaired) electrons. The van der Waals surface area contributed by atoms with Crippen molar-refractivity contribution in [3.63, 3.8) is 0 Å². The molecule has 2 aromatic carbocycles. The lowest BCUT2D eigenvalue weighted by molar-refractivity contribution is -0.312. The van der Waals surface area contributed by atoms with E-state index in [1.807, 2.05) is 6.07 Å². The molecule has 2 aromatic rings. The van der Waals surface area contributed by atoms with Gasteiger partial charge in [-0.15, -0.1) is 0 Å². The van der Waals surface area contributed by atoms with Crippen LogP contribution in [0.4, 0.5) is 0 Å². The Morgan fingerprint density at radius 3 is 2.24 bits per heavy atom. The van der Waals surface area contributed by atoms with Gasteiger partial charge >= 0.3 is 11.9 Å². The van der Waals surface area contributed by atoms with Crippen molar-refractivity contribution in [3.05, 3.63) is 89.5 Å². The number of nitrogens with zero attached hydrogens (tertiary/aromatic N) is 1. The van der Waals surface area contributed by atoms with Gasteiger partial charge in [-0.05, 0) is 23.8 Å². The minimum absolute atomic E-state index is 0.0320. The molecule has 1 unspecified atom stereocenters. The molecule has 1 saturated carbocycles. The van der Waals surface area contributed by atoms with Gasteiger partial charge in [0, 0.05) is 24.1 Å². The maximum atomic E-state index is 12.9. The van der Waals surface area contributed by atoms with Gasteiger partial charge in [0.25, 0.3) is 0 Å². The molecule has 12 nitrogen and oxygen atoms in total. The molecular weight excluding hydrogens is 550 g/mol. The van der Waals surface area contributed by atoms with Crippen LogP contribution in [0, 0.1) is 11.3 Å². The van der Waals surface area contributed by atoms with Crippen LogP contribution in [0.15, 0.2) is 78.4 Å². The molecule has 0 amide bonds. The summed E-state index contributed by atoms with van der Waals surface area (Å²) in [6, 6.07) is 18.6. The molecule has 222 valence electrons. The van der Waals surface area contributed by atoms with Crippen LogP contribution in [0.1, 0.15) is 22.3 Å². The lowest BCUT2D eigenvalue weighted by atomic mass is 9.84. The molecule has 0 aromatic heterocycles. The van der Waals surface area contributed by atoms with Crippen molar-refractivity contribution in [2.45, 2.75) is 61.5 Å². The van der Waals surface area contributed by atoms with Gasteiger partial charge in [0.1, 0.15) is 36.6 Å². The van der Waals surface area contributed by atoms with Gasteiger partial charge in [-0.25, -0.2) is 9.59 Å². The first-order valence-electron chi connectivity index (χ1n) is 13.2. The van der Waals surface area contributed by atoms with E-state index in [-0.39, 0.29) is 17.6 Å². The second kappa shape index (κ2) is 14.3. The Morgan fingerprint density at radius 2 is 1.60 bits per heavy atom. The summed E-state index contributed by atoms with van der Waals surface area (Å²) in [5, 5.41) is 61.1. The number of ether oxygens (including phenoxy) is 4. The molecule has 2 aliphatic rings. The average Bonchev–Trinajstić information content (AvgIpc) is 3.01. The van der Waals surface area contributed by atoms with E-state index >= 15 is 0 Å². The van der Waals surface area contributed by atoms with Crippen LogP contribution in [0.5, 0.6) is 0 Å². The summed E-state index contributed by atoms with van der Waals surface area (Å²) < 4.78 is 22.4. The van der Waals surface area contributed by atoms with E-state index in [0.29, 0.717) is 5.56 Å². The van der Waals surface area contributed by atoms with E-state index in [1.165, 1.54) is 18.2 Å². The largest absolute Gasteiger partial charge is 0.456 e.